The first-order chi connectivity index (χ1) is 3.29. The highest BCUT2D eigenvalue weighted by atomic mass is 16.4. The molecular weight excluding hydrogens is 94.1 g/mol. The minimum atomic E-state index is 0.109. The molecule has 38 valence electrons. The van der Waals surface area contributed by atoms with Crippen LogP contribution in [-0.2, 0) is 0 Å². The van der Waals surface area contributed by atoms with E-state index in [4.69, 9.17) is 11.5 Å². The minimum absolute atomic E-state index is 0.109. The van der Waals surface area contributed by atoms with Gasteiger partial charge in [0, 0.05) is 0 Å². The number of aromatic nitrogens is 1. The average molecular weight is 99.1 g/mol. The largest absolute Gasteiger partial charge is 0.430 e. The van der Waals surface area contributed by atoms with E-state index in [1.165, 1.54) is 6.26 Å². The van der Waals surface area contributed by atoms with Gasteiger partial charge in [0.25, 0.3) is 6.01 Å². The summed E-state index contributed by atoms with van der Waals surface area (Å²) in [6, 6.07) is 0.109. The topological polar surface area (TPSA) is 78.1 Å². The highest BCUT2D eigenvalue weighted by Gasteiger charge is 1.89. The monoisotopic (exact) mass is 99.0 g/mol. The summed E-state index contributed by atoms with van der Waals surface area (Å²) in [6.07, 6.45) is 1.29. The molecule has 0 saturated carbocycles. The molecule has 1 rings (SSSR count). The van der Waals surface area contributed by atoms with Crippen molar-refractivity contribution in [3.8, 4) is 0 Å². The number of hydrogen-bond acceptors (Lipinski definition) is 4. The van der Waals surface area contributed by atoms with Crippen molar-refractivity contribution in [1.29, 1.82) is 0 Å². The third-order valence-electron chi connectivity index (χ3n) is 0.540. The van der Waals surface area contributed by atoms with Crippen LogP contribution in [0.25, 0.3) is 0 Å². The number of nitrogens with zero attached hydrogens (tertiary/aromatic N) is 1. The molecule has 4 N–H and O–H groups in total. The van der Waals surface area contributed by atoms with E-state index in [1.54, 1.807) is 0 Å². The molecule has 4 heteroatoms. The highest BCUT2D eigenvalue weighted by molar-refractivity contribution is 5.28. The lowest BCUT2D eigenvalue weighted by Crippen LogP contribution is -1.85. The number of nitrogen functional groups attached to an aromatic ring is 2. The molecule has 0 fully saturated rings. The van der Waals surface area contributed by atoms with Crippen molar-refractivity contribution < 1.29 is 4.42 Å². The maximum Gasteiger partial charge on any atom is 0.293 e. The summed E-state index contributed by atoms with van der Waals surface area (Å²) >= 11 is 0. The van der Waals surface area contributed by atoms with E-state index in [-0.39, 0.29) is 6.01 Å². The number of nitrogens with two attached hydrogens (primary N) is 2. The summed E-state index contributed by atoms with van der Waals surface area (Å²) in [6.45, 7) is 0. The van der Waals surface area contributed by atoms with Crippen LogP contribution in [-0.4, -0.2) is 4.98 Å². The molecule has 0 aromatic carbocycles. The lowest BCUT2D eigenvalue weighted by molar-refractivity contribution is 0.581. The van der Waals surface area contributed by atoms with Crippen LogP contribution in [0.5, 0.6) is 0 Å². The van der Waals surface area contributed by atoms with Crippen LogP contribution in [0.2, 0.25) is 0 Å². The summed E-state index contributed by atoms with van der Waals surface area (Å²) in [5.74, 6) is 0.317. The van der Waals surface area contributed by atoms with E-state index in [1.807, 2.05) is 0 Å². The van der Waals surface area contributed by atoms with Crippen molar-refractivity contribution in [3.05, 3.63) is 6.26 Å². The predicted molar refractivity (Wildman–Crippen MR) is 25.3 cm³/mol. The van der Waals surface area contributed by atoms with Gasteiger partial charge in [-0.1, -0.05) is 0 Å². The Morgan fingerprint density at radius 1 is 1.57 bits per heavy atom. The zero-order valence-corrected chi connectivity index (χ0v) is 3.59. The van der Waals surface area contributed by atoms with Crippen LogP contribution in [0.4, 0.5) is 11.8 Å². The van der Waals surface area contributed by atoms with Crippen molar-refractivity contribution in [2.75, 3.05) is 11.5 Å². The molecule has 0 saturated heterocycles. The molecular formula is C3H5N3O. The molecule has 0 amide bonds. The average Bonchev–Trinajstić information content (AvgIpc) is 1.87. The summed E-state index contributed by atoms with van der Waals surface area (Å²) in [4.78, 5) is 3.50. The van der Waals surface area contributed by atoms with Crippen LogP contribution in [0.3, 0.4) is 0 Å². The standard InChI is InChI=1S/C3H5N3O/c4-2-1-7-3(5)6-2/h1H,4H2,(H2,5,6). The normalized spacial score (nSPS) is 9.14. The lowest BCUT2D eigenvalue weighted by Gasteiger charge is -1.70. The summed E-state index contributed by atoms with van der Waals surface area (Å²) in [5, 5.41) is 0. The van der Waals surface area contributed by atoms with Crippen molar-refractivity contribution in [2.45, 2.75) is 0 Å². The molecule has 0 aliphatic heterocycles. The van der Waals surface area contributed by atoms with Gasteiger partial charge in [-0.25, -0.2) is 0 Å². The first kappa shape index (κ1) is 3.98. The molecule has 0 aliphatic rings. The van der Waals surface area contributed by atoms with Gasteiger partial charge >= 0.3 is 0 Å². The van der Waals surface area contributed by atoms with Crippen LogP contribution < -0.4 is 11.5 Å². The fourth-order valence-electron chi connectivity index (χ4n) is 0.301. The Morgan fingerprint density at radius 3 is 2.43 bits per heavy atom. The van der Waals surface area contributed by atoms with E-state index in [0.717, 1.165) is 0 Å². The highest BCUT2D eigenvalue weighted by Crippen LogP contribution is 2.01. The van der Waals surface area contributed by atoms with Gasteiger partial charge in [-0.3, -0.25) is 0 Å². The Hall–Kier alpha value is -1.19. The fraction of sp³-hybridized carbons (Fsp3) is 0. The maximum absolute atomic E-state index is 5.09. The third-order valence-corrected chi connectivity index (χ3v) is 0.540. The van der Waals surface area contributed by atoms with E-state index in [9.17, 15) is 0 Å². The second kappa shape index (κ2) is 1.14. The second-order valence-corrected chi connectivity index (χ2v) is 1.11. The van der Waals surface area contributed by atoms with E-state index in [0.29, 0.717) is 5.82 Å². The zero-order chi connectivity index (χ0) is 5.28. The van der Waals surface area contributed by atoms with Crippen molar-refractivity contribution in [3.63, 3.8) is 0 Å². The molecule has 1 heterocycles. The Labute approximate surface area is 40.1 Å². The van der Waals surface area contributed by atoms with Crippen LogP contribution >= 0.6 is 0 Å². The molecule has 7 heavy (non-hydrogen) atoms. The molecule has 4 nitrogen and oxygen atoms in total. The number of rotatable bonds is 0. The lowest BCUT2D eigenvalue weighted by atomic mass is 10.8. The molecule has 0 radical (unpaired) electrons. The maximum atomic E-state index is 5.09. The van der Waals surface area contributed by atoms with Crippen LogP contribution in [0.1, 0.15) is 0 Å². The van der Waals surface area contributed by atoms with E-state index < -0.39 is 0 Å². The molecule has 0 spiro atoms. The van der Waals surface area contributed by atoms with Crippen molar-refractivity contribution in [1.82, 2.24) is 4.98 Å². The summed E-state index contributed by atoms with van der Waals surface area (Å²) in [5.41, 5.74) is 10.1. The fourth-order valence-corrected chi connectivity index (χ4v) is 0.301. The van der Waals surface area contributed by atoms with Gasteiger partial charge in [-0.05, 0) is 0 Å². The van der Waals surface area contributed by atoms with Gasteiger partial charge in [0.1, 0.15) is 6.26 Å². The predicted octanol–water partition coefficient (Wildman–Crippen LogP) is -0.161. The Morgan fingerprint density at radius 2 is 2.29 bits per heavy atom. The zero-order valence-electron chi connectivity index (χ0n) is 3.59. The minimum Gasteiger partial charge on any atom is -0.430 e. The van der Waals surface area contributed by atoms with E-state index in [2.05, 4.69) is 9.40 Å². The summed E-state index contributed by atoms with van der Waals surface area (Å²) in [7, 11) is 0. The molecule has 0 unspecified atom stereocenters. The molecule has 1 aromatic heterocycles. The third kappa shape index (κ3) is 0.623. The Kier molecular flexibility index (Phi) is 0.651. The van der Waals surface area contributed by atoms with Gasteiger partial charge in [-0.2, -0.15) is 4.98 Å². The van der Waals surface area contributed by atoms with Crippen LogP contribution in [0.15, 0.2) is 10.7 Å². The smallest absolute Gasteiger partial charge is 0.293 e. The quantitative estimate of drug-likeness (QED) is 0.473. The van der Waals surface area contributed by atoms with Gasteiger partial charge in [0.15, 0.2) is 5.82 Å². The molecule has 0 atom stereocenters. The molecule has 1 aromatic rings. The second-order valence-electron chi connectivity index (χ2n) is 1.11. The number of anilines is 2. The van der Waals surface area contributed by atoms with Crippen molar-refractivity contribution in [2.24, 2.45) is 0 Å². The van der Waals surface area contributed by atoms with Crippen molar-refractivity contribution >= 4 is 11.8 Å². The first-order valence-corrected chi connectivity index (χ1v) is 1.75. The Bertz CT molecular complexity index is 142. The van der Waals surface area contributed by atoms with Crippen LogP contribution in [0, 0.1) is 0 Å². The van der Waals surface area contributed by atoms with Gasteiger partial charge in [0.2, 0.25) is 0 Å². The number of hydrogen-bond donors (Lipinski definition) is 2. The van der Waals surface area contributed by atoms with Gasteiger partial charge in [-0.15, -0.1) is 0 Å². The molecule has 0 bridgehead atoms. The Balaban J connectivity index is 3.04. The SMILES string of the molecule is Nc1coc(N)n1. The number of oxazole rings is 1. The van der Waals surface area contributed by atoms with Gasteiger partial charge in [0.05, 0.1) is 0 Å². The summed E-state index contributed by atoms with van der Waals surface area (Å²) < 4.78 is 4.51. The first-order valence-electron chi connectivity index (χ1n) is 1.75. The molecule has 0 aliphatic carbocycles. The van der Waals surface area contributed by atoms with E-state index >= 15 is 0 Å². The van der Waals surface area contributed by atoms with Gasteiger partial charge < -0.3 is 15.9 Å².